The van der Waals surface area contributed by atoms with Crippen molar-refractivity contribution in [3.05, 3.63) is 29.8 Å². The normalized spacial score (nSPS) is 11.6. The average molecular weight is 279 g/mol. The minimum atomic E-state index is -0.573. The largest absolute Gasteiger partial charge is 0.497 e. The molecular formula is C15H21NO4. The molecule has 0 heterocycles. The van der Waals surface area contributed by atoms with Crippen molar-refractivity contribution in [2.45, 2.75) is 26.3 Å². The lowest BCUT2D eigenvalue weighted by Crippen LogP contribution is -2.43. The summed E-state index contributed by atoms with van der Waals surface area (Å²) in [6.45, 7) is 3.59. The summed E-state index contributed by atoms with van der Waals surface area (Å²) in [5.74, 6) is 0.242. The van der Waals surface area contributed by atoms with Crippen LogP contribution >= 0.6 is 0 Å². The maximum Gasteiger partial charge on any atom is 0.328 e. The van der Waals surface area contributed by atoms with Gasteiger partial charge in [0.2, 0.25) is 5.91 Å². The lowest BCUT2D eigenvalue weighted by molar-refractivity contribution is -0.151. The second-order valence-corrected chi connectivity index (χ2v) is 4.51. The Morgan fingerprint density at radius 2 is 1.80 bits per heavy atom. The first-order valence-corrected chi connectivity index (χ1v) is 6.47. The molecule has 1 atom stereocenters. The number of carbonyl (C=O) groups excluding carboxylic acids is 2. The van der Waals surface area contributed by atoms with Gasteiger partial charge in [-0.15, -0.1) is 0 Å². The summed E-state index contributed by atoms with van der Waals surface area (Å²) in [6, 6.07) is 7.06. The second-order valence-electron chi connectivity index (χ2n) is 4.51. The summed E-state index contributed by atoms with van der Waals surface area (Å²) in [4.78, 5) is 24.7. The van der Waals surface area contributed by atoms with Gasteiger partial charge in [0.15, 0.2) is 0 Å². The Morgan fingerprint density at radius 1 is 1.20 bits per heavy atom. The number of amides is 1. The van der Waals surface area contributed by atoms with Gasteiger partial charge >= 0.3 is 5.97 Å². The molecule has 0 aliphatic heterocycles. The summed E-state index contributed by atoms with van der Waals surface area (Å²) >= 11 is 0. The van der Waals surface area contributed by atoms with Gasteiger partial charge in [0.05, 0.1) is 14.2 Å². The number of benzene rings is 1. The van der Waals surface area contributed by atoms with Gasteiger partial charge in [-0.25, -0.2) is 4.79 Å². The van der Waals surface area contributed by atoms with E-state index in [1.54, 1.807) is 14.0 Å². The van der Waals surface area contributed by atoms with Crippen molar-refractivity contribution in [3.8, 4) is 5.75 Å². The molecule has 0 aromatic heterocycles. The number of esters is 1. The van der Waals surface area contributed by atoms with Gasteiger partial charge in [-0.2, -0.15) is 0 Å². The number of ether oxygens (including phenoxy) is 2. The predicted molar refractivity (Wildman–Crippen MR) is 75.6 cm³/mol. The third-order valence-corrected chi connectivity index (χ3v) is 3.21. The van der Waals surface area contributed by atoms with Crippen LogP contribution in [-0.4, -0.2) is 43.6 Å². The van der Waals surface area contributed by atoms with Crippen molar-refractivity contribution < 1.29 is 19.1 Å². The zero-order chi connectivity index (χ0) is 15.1. The van der Waals surface area contributed by atoms with E-state index >= 15 is 0 Å². The first-order valence-electron chi connectivity index (χ1n) is 6.47. The van der Waals surface area contributed by atoms with E-state index in [1.807, 2.05) is 24.3 Å². The van der Waals surface area contributed by atoms with E-state index in [-0.39, 0.29) is 5.91 Å². The Hall–Kier alpha value is -2.04. The van der Waals surface area contributed by atoms with E-state index in [0.717, 1.165) is 11.3 Å². The highest BCUT2D eigenvalue weighted by Crippen LogP contribution is 2.13. The van der Waals surface area contributed by atoms with E-state index in [1.165, 1.54) is 18.9 Å². The van der Waals surface area contributed by atoms with Crippen LogP contribution < -0.4 is 4.74 Å². The van der Waals surface area contributed by atoms with Gasteiger partial charge in [0.25, 0.3) is 0 Å². The molecule has 0 spiro atoms. The molecule has 0 bridgehead atoms. The summed E-state index contributed by atoms with van der Waals surface area (Å²) in [7, 11) is 2.94. The fourth-order valence-electron chi connectivity index (χ4n) is 1.96. The molecule has 5 heteroatoms. The van der Waals surface area contributed by atoms with E-state index < -0.39 is 12.0 Å². The SMILES string of the molecule is COC(=O)C(C)N(CCc1ccc(OC)cc1)C(C)=O. The van der Waals surface area contributed by atoms with Crippen molar-refractivity contribution >= 4 is 11.9 Å². The molecule has 1 aromatic carbocycles. The fraction of sp³-hybridized carbons (Fsp3) is 0.467. The van der Waals surface area contributed by atoms with Crippen molar-refractivity contribution in [1.29, 1.82) is 0 Å². The molecule has 110 valence electrons. The number of nitrogens with zero attached hydrogens (tertiary/aromatic N) is 1. The molecule has 1 rings (SSSR count). The first kappa shape index (κ1) is 16.0. The van der Waals surface area contributed by atoms with Gasteiger partial charge in [0.1, 0.15) is 11.8 Å². The summed E-state index contributed by atoms with van der Waals surface area (Å²) < 4.78 is 9.77. The monoisotopic (exact) mass is 279 g/mol. The highest BCUT2D eigenvalue weighted by Gasteiger charge is 2.23. The summed E-state index contributed by atoms with van der Waals surface area (Å²) in [5.41, 5.74) is 1.08. The maximum atomic E-state index is 11.6. The van der Waals surface area contributed by atoms with E-state index in [9.17, 15) is 9.59 Å². The van der Waals surface area contributed by atoms with Crippen molar-refractivity contribution in [2.24, 2.45) is 0 Å². The zero-order valence-corrected chi connectivity index (χ0v) is 12.4. The highest BCUT2D eigenvalue weighted by molar-refractivity contribution is 5.82. The molecular weight excluding hydrogens is 258 g/mol. The Balaban J connectivity index is 2.66. The molecule has 0 saturated heterocycles. The van der Waals surface area contributed by atoms with E-state index in [2.05, 4.69) is 4.74 Å². The molecule has 20 heavy (non-hydrogen) atoms. The molecule has 0 N–H and O–H groups in total. The Kier molecular flexibility index (Phi) is 6.03. The molecule has 5 nitrogen and oxygen atoms in total. The molecule has 0 aliphatic carbocycles. The molecule has 0 saturated carbocycles. The van der Waals surface area contributed by atoms with Gasteiger partial charge < -0.3 is 14.4 Å². The van der Waals surface area contributed by atoms with Crippen LogP contribution in [0.1, 0.15) is 19.4 Å². The topological polar surface area (TPSA) is 55.8 Å². The lowest BCUT2D eigenvalue weighted by Gasteiger charge is -2.26. The molecule has 0 fully saturated rings. The number of methoxy groups -OCH3 is 2. The predicted octanol–water partition coefficient (Wildman–Crippen LogP) is 1.65. The maximum absolute atomic E-state index is 11.6. The fourth-order valence-corrected chi connectivity index (χ4v) is 1.96. The minimum Gasteiger partial charge on any atom is -0.497 e. The number of hydrogen-bond donors (Lipinski definition) is 0. The molecule has 0 radical (unpaired) electrons. The van der Waals surface area contributed by atoms with Crippen LogP contribution in [0.5, 0.6) is 5.75 Å². The van der Waals surface area contributed by atoms with Crippen LogP contribution in [0.15, 0.2) is 24.3 Å². The van der Waals surface area contributed by atoms with Gasteiger partial charge in [-0.1, -0.05) is 12.1 Å². The van der Waals surface area contributed by atoms with Crippen LogP contribution in [-0.2, 0) is 20.7 Å². The number of hydrogen-bond acceptors (Lipinski definition) is 4. The molecule has 0 aliphatic rings. The first-order chi connectivity index (χ1) is 9.49. The van der Waals surface area contributed by atoms with Crippen molar-refractivity contribution in [2.75, 3.05) is 20.8 Å². The van der Waals surface area contributed by atoms with Gasteiger partial charge in [0, 0.05) is 13.5 Å². The Labute approximate surface area is 119 Å². The quantitative estimate of drug-likeness (QED) is 0.743. The highest BCUT2D eigenvalue weighted by atomic mass is 16.5. The Morgan fingerprint density at radius 3 is 2.25 bits per heavy atom. The zero-order valence-electron chi connectivity index (χ0n) is 12.4. The summed E-state index contributed by atoms with van der Waals surface area (Å²) in [6.07, 6.45) is 0.672. The number of carbonyl (C=O) groups is 2. The van der Waals surface area contributed by atoms with Crippen molar-refractivity contribution in [1.82, 2.24) is 4.90 Å². The summed E-state index contributed by atoms with van der Waals surface area (Å²) in [5, 5.41) is 0. The minimum absolute atomic E-state index is 0.142. The van der Waals surface area contributed by atoms with Crippen LogP contribution in [0, 0.1) is 0 Å². The van der Waals surface area contributed by atoms with Crippen LogP contribution in [0.3, 0.4) is 0 Å². The van der Waals surface area contributed by atoms with Gasteiger partial charge in [-0.3, -0.25) is 4.79 Å². The van der Waals surface area contributed by atoms with Crippen LogP contribution in [0.2, 0.25) is 0 Å². The molecule has 1 aromatic rings. The molecule has 1 amide bonds. The average Bonchev–Trinajstić information content (AvgIpc) is 2.46. The van der Waals surface area contributed by atoms with Crippen molar-refractivity contribution in [3.63, 3.8) is 0 Å². The van der Waals surface area contributed by atoms with Gasteiger partial charge in [-0.05, 0) is 31.0 Å². The number of rotatable bonds is 6. The third kappa shape index (κ3) is 4.26. The molecule has 1 unspecified atom stereocenters. The standard InChI is InChI=1S/C15H21NO4/c1-11(15(18)20-4)16(12(2)17)10-9-13-5-7-14(19-3)8-6-13/h5-8,11H,9-10H2,1-4H3. The lowest BCUT2D eigenvalue weighted by atomic mass is 10.1. The Bertz CT molecular complexity index is 455. The van der Waals surface area contributed by atoms with E-state index in [4.69, 9.17) is 4.74 Å². The second kappa shape index (κ2) is 7.53. The smallest absolute Gasteiger partial charge is 0.328 e. The van der Waals surface area contributed by atoms with E-state index in [0.29, 0.717) is 13.0 Å². The third-order valence-electron chi connectivity index (χ3n) is 3.21. The van der Waals surface area contributed by atoms with Crippen LogP contribution in [0.4, 0.5) is 0 Å². The van der Waals surface area contributed by atoms with Crippen LogP contribution in [0.25, 0.3) is 0 Å².